The standard InChI is InChI=1S/C16H15N3O3/c1-15-11-8-9-12(16(15,2)22-15)19-14(21)17(13(20)18(11)19)10-6-4-3-5-7-10/h3-9,11-12H,1-2H3. The predicted molar refractivity (Wildman–Crippen MR) is 79.4 cm³/mol. The summed E-state index contributed by atoms with van der Waals surface area (Å²) < 4.78 is 10.3. The summed E-state index contributed by atoms with van der Waals surface area (Å²) in [6.45, 7) is 4.02. The van der Waals surface area contributed by atoms with Crippen molar-refractivity contribution in [3.63, 3.8) is 0 Å². The molecule has 4 atom stereocenters. The zero-order valence-electron chi connectivity index (χ0n) is 12.3. The first kappa shape index (κ1) is 12.2. The molecule has 4 aliphatic rings. The number of nitrogens with zero attached hydrogens (tertiary/aromatic N) is 3. The Hall–Kier alpha value is -2.34. The van der Waals surface area contributed by atoms with Gasteiger partial charge in [0.05, 0.1) is 5.69 Å². The van der Waals surface area contributed by atoms with Crippen molar-refractivity contribution in [2.45, 2.75) is 37.1 Å². The van der Waals surface area contributed by atoms with Gasteiger partial charge in [-0.2, -0.15) is 0 Å². The average molecular weight is 297 g/mol. The topological polar surface area (TPSA) is 61.5 Å². The number of hydrogen-bond donors (Lipinski definition) is 0. The number of aromatic nitrogens is 3. The Bertz CT molecular complexity index is 896. The van der Waals surface area contributed by atoms with Gasteiger partial charge in [0.2, 0.25) is 0 Å². The molecule has 112 valence electrons. The Morgan fingerprint density at radius 3 is 1.91 bits per heavy atom. The Kier molecular flexibility index (Phi) is 1.86. The summed E-state index contributed by atoms with van der Waals surface area (Å²) in [5, 5.41) is 0. The molecule has 0 N–H and O–H groups in total. The van der Waals surface area contributed by atoms with Crippen molar-refractivity contribution < 1.29 is 4.74 Å². The van der Waals surface area contributed by atoms with Gasteiger partial charge in [-0.25, -0.2) is 23.5 Å². The van der Waals surface area contributed by atoms with Gasteiger partial charge < -0.3 is 4.74 Å². The summed E-state index contributed by atoms with van der Waals surface area (Å²) in [6.07, 6.45) is 3.96. The molecule has 4 heterocycles. The van der Waals surface area contributed by atoms with E-state index in [1.165, 1.54) is 4.57 Å². The van der Waals surface area contributed by atoms with Crippen LogP contribution in [0.1, 0.15) is 25.9 Å². The normalized spacial score (nSPS) is 37.0. The minimum atomic E-state index is -0.411. The SMILES string of the molecule is CC12OC1(C)C1C=CC2n2c(=O)n(-c3ccccc3)c(=O)n21. The van der Waals surface area contributed by atoms with E-state index < -0.39 is 11.2 Å². The zero-order chi connectivity index (χ0) is 15.3. The molecule has 1 aromatic heterocycles. The van der Waals surface area contributed by atoms with Crippen LogP contribution in [0.4, 0.5) is 0 Å². The van der Waals surface area contributed by atoms with Crippen molar-refractivity contribution in [1.82, 2.24) is 13.9 Å². The van der Waals surface area contributed by atoms with E-state index in [4.69, 9.17) is 4.74 Å². The van der Waals surface area contributed by atoms with Crippen LogP contribution >= 0.6 is 0 Å². The molecule has 0 spiro atoms. The summed E-state index contributed by atoms with van der Waals surface area (Å²) in [5.41, 5.74) is -0.850. The minimum Gasteiger partial charge on any atom is -0.358 e. The first-order chi connectivity index (χ1) is 10.5. The molecule has 1 saturated heterocycles. The van der Waals surface area contributed by atoms with Crippen molar-refractivity contribution in [2.75, 3.05) is 0 Å². The van der Waals surface area contributed by atoms with Crippen LogP contribution in [-0.2, 0) is 4.74 Å². The van der Waals surface area contributed by atoms with Crippen molar-refractivity contribution in [3.05, 3.63) is 63.5 Å². The van der Waals surface area contributed by atoms with Crippen LogP contribution in [-0.4, -0.2) is 25.1 Å². The fourth-order valence-electron chi connectivity index (χ4n) is 4.11. The van der Waals surface area contributed by atoms with E-state index in [9.17, 15) is 9.59 Å². The highest BCUT2D eigenvalue weighted by Crippen LogP contribution is 2.64. The fraction of sp³-hybridized carbons (Fsp3) is 0.375. The van der Waals surface area contributed by atoms with Crippen LogP contribution in [0.3, 0.4) is 0 Å². The zero-order valence-corrected chi connectivity index (χ0v) is 12.3. The van der Waals surface area contributed by atoms with Gasteiger partial charge in [-0.05, 0) is 26.0 Å². The molecule has 1 aliphatic carbocycles. The molecule has 6 heteroatoms. The van der Waals surface area contributed by atoms with Gasteiger partial charge in [-0.1, -0.05) is 30.4 Å². The third-order valence-corrected chi connectivity index (χ3v) is 5.52. The molecular weight excluding hydrogens is 282 g/mol. The van der Waals surface area contributed by atoms with E-state index in [1.54, 1.807) is 21.5 Å². The van der Waals surface area contributed by atoms with Gasteiger partial charge >= 0.3 is 11.4 Å². The lowest BCUT2D eigenvalue weighted by Crippen LogP contribution is -2.52. The second-order valence-corrected chi connectivity index (χ2v) is 6.52. The number of para-hydroxylation sites is 1. The summed E-state index contributed by atoms with van der Waals surface area (Å²) in [7, 11) is 0. The molecular formula is C16H15N3O3. The number of benzene rings is 1. The van der Waals surface area contributed by atoms with Gasteiger partial charge in [-0.3, -0.25) is 0 Å². The Morgan fingerprint density at radius 1 is 0.909 bits per heavy atom. The molecule has 2 aromatic rings. The highest BCUT2D eigenvalue weighted by molar-refractivity contribution is 5.36. The van der Waals surface area contributed by atoms with Gasteiger partial charge in [0.15, 0.2) is 0 Å². The summed E-state index contributed by atoms with van der Waals surface area (Å²) in [4.78, 5) is 25.7. The van der Waals surface area contributed by atoms with E-state index in [0.29, 0.717) is 5.69 Å². The molecule has 2 bridgehead atoms. The largest absolute Gasteiger partial charge is 0.358 e. The van der Waals surface area contributed by atoms with Crippen molar-refractivity contribution >= 4 is 0 Å². The lowest BCUT2D eigenvalue weighted by atomic mass is 9.77. The molecule has 0 saturated carbocycles. The van der Waals surface area contributed by atoms with Crippen LogP contribution in [0, 0.1) is 0 Å². The molecule has 0 radical (unpaired) electrons. The Morgan fingerprint density at radius 2 is 1.41 bits per heavy atom. The van der Waals surface area contributed by atoms with Crippen molar-refractivity contribution in [2.24, 2.45) is 0 Å². The average Bonchev–Trinajstić information content (AvgIpc) is 3.04. The van der Waals surface area contributed by atoms with E-state index >= 15 is 0 Å². The van der Waals surface area contributed by atoms with Crippen molar-refractivity contribution in [3.8, 4) is 5.69 Å². The number of rotatable bonds is 1. The van der Waals surface area contributed by atoms with Crippen LogP contribution < -0.4 is 11.4 Å². The van der Waals surface area contributed by atoms with E-state index in [-0.39, 0.29) is 23.5 Å². The lowest BCUT2D eigenvalue weighted by molar-refractivity contribution is 0.210. The van der Waals surface area contributed by atoms with Gasteiger partial charge in [-0.15, -0.1) is 0 Å². The van der Waals surface area contributed by atoms with Crippen LogP contribution in [0.25, 0.3) is 5.69 Å². The highest BCUT2D eigenvalue weighted by atomic mass is 16.6. The molecule has 1 fully saturated rings. The fourth-order valence-corrected chi connectivity index (χ4v) is 4.11. The number of ether oxygens (including phenoxy) is 1. The van der Waals surface area contributed by atoms with E-state index in [0.717, 1.165) is 0 Å². The second-order valence-electron chi connectivity index (χ2n) is 6.52. The molecule has 6 rings (SSSR count). The molecule has 1 aromatic carbocycles. The summed E-state index contributed by atoms with van der Waals surface area (Å²) in [5.74, 6) is 0. The molecule has 4 unspecified atom stereocenters. The van der Waals surface area contributed by atoms with E-state index in [1.807, 2.05) is 44.2 Å². The first-order valence-corrected chi connectivity index (χ1v) is 7.39. The molecule has 0 amide bonds. The lowest BCUT2D eigenvalue weighted by Gasteiger charge is -2.38. The quantitative estimate of drug-likeness (QED) is 0.583. The third-order valence-electron chi connectivity index (χ3n) is 5.52. The smallest absolute Gasteiger partial charge is 0.352 e. The molecule has 6 nitrogen and oxygen atoms in total. The summed E-state index contributed by atoms with van der Waals surface area (Å²) in [6, 6.07) is 8.55. The molecule has 22 heavy (non-hydrogen) atoms. The Balaban J connectivity index is 1.85. The van der Waals surface area contributed by atoms with Gasteiger partial charge in [0.1, 0.15) is 23.3 Å². The third kappa shape index (κ3) is 1.07. The second kappa shape index (κ2) is 3.35. The maximum Gasteiger partial charge on any atom is 0.352 e. The molecule has 3 aliphatic heterocycles. The van der Waals surface area contributed by atoms with E-state index in [2.05, 4.69) is 0 Å². The van der Waals surface area contributed by atoms with Crippen LogP contribution in [0.5, 0.6) is 0 Å². The number of epoxide rings is 1. The van der Waals surface area contributed by atoms with Crippen LogP contribution in [0.15, 0.2) is 52.1 Å². The Labute approximate surface area is 125 Å². The first-order valence-electron chi connectivity index (χ1n) is 7.39. The van der Waals surface area contributed by atoms with Gasteiger partial charge in [0.25, 0.3) is 0 Å². The van der Waals surface area contributed by atoms with Crippen LogP contribution in [0.2, 0.25) is 0 Å². The van der Waals surface area contributed by atoms with Gasteiger partial charge in [0, 0.05) is 0 Å². The maximum atomic E-state index is 12.9. The number of hydrogen-bond acceptors (Lipinski definition) is 3. The monoisotopic (exact) mass is 297 g/mol. The predicted octanol–water partition coefficient (Wildman–Crippen LogP) is 1.01. The minimum absolute atomic E-state index is 0.243. The van der Waals surface area contributed by atoms with Crippen molar-refractivity contribution in [1.29, 1.82) is 0 Å². The maximum absolute atomic E-state index is 12.9. The summed E-state index contributed by atoms with van der Waals surface area (Å²) >= 11 is 0. The highest BCUT2D eigenvalue weighted by Gasteiger charge is 2.76.